The Hall–Kier alpha value is -1.49. The van der Waals surface area contributed by atoms with Crippen LogP contribution in [0, 0.1) is 5.92 Å². The SMILES string of the molecule is CCCCCCCCCCC(C)c1ccccc1C(SCCC(=O)O)C(C)C(=O)O. The van der Waals surface area contributed by atoms with E-state index in [9.17, 15) is 14.7 Å². The Labute approximate surface area is 186 Å². The molecule has 30 heavy (non-hydrogen) atoms. The zero-order valence-corrected chi connectivity index (χ0v) is 19.8. The summed E-state index contributed by atoms with van der Waals surface area (Å²) in [5.41, 5.74) is 2.26. The number of aliphatic carboxylic acids is 2. The van der Waals surface area contributed by atoms with Gasteiger partial charge in [0.05, 0.1) is 12.3 Å². The van der Waals surface area contributed by atoms with E-state index < -0.39 is 17.9 Å². The van der Waals surface area contributed by atoms with Gasteiger partial charge in [0.15, 0.2) is 0 Å². The topological polar surface area (TPSA) is 74.6 Å². The van der Waals surface area contributed by atoms with Crippen molar-refractivity contribution < 1.29 is 19.8 Å². The largest absolute Gasteiger partial charge is 0.481 e. The Morgan fingerprint density at radius 3 is 2.03 bits per heavy atom. The molecule has 0 aliphatic carbocycles. The molecule has 0 heterocycles. The lowest BCUT2D eigenvalue weighted by Crippen LogP contribution is -2.19. The molecule has 170 valence electrons. The van der Waals surface area contributed by atoms with Gasteiger partial charge in [-0.3, -0.25) is 9.59 Å². The minimum atomic E-state index is -0.847. The summed E-state index contributed by atoms with van der Waals surface area (Å²) in [6.45, 7) is 6.19. The quantitative estimate of drug-likeness (QED) is 0.251. The first kappa shape index (κ1) is 26.5. The van der Waals surface area contributed by atoms with Crippen molar-refractivity contribution in [2.24, 2.45) is 5.92 Å². The van der Waals surface area contributed by atoms with Crippen LogP contribution in [0.3, 0.4) is 0 Å². The number of rotatable bonds is 17. The summed E-state index contributed by atoms with van der Waals surface area (Å²) in [7, 11) is 0. The summed E-state index contributed by atoms with van der Waals surface area (Å²) in [5.74, 6) is -1.47. The van der Waals surface area contributed by atoms with Crippen LogP contribution in [0.25, 0.3) is 0 Å². The highest BCUT2D eigenvalue weighted by molar-refractivity contribution is 7.99. The minimum absolute atomic E-state index is 0.0451. The molecular formula is C25H40O4S. The van der Waals surface area contributed by atoms with Crippen LogP contribution in [0.4, 0.5) is 0 Å². The van der Waals surface area contributed by atoms with Gasteiger partial charge in [-0.05, 0) is 23.5 Å². The third-order valence-electron chi connectivity index (χ3n) is 5.78. The van der Waals surface area contributed by atoms with Crippen LogP contribution in [0.15, 0.2) is 24.3 Å². The van der Waals surface area contributed by atoms with E-state index in [2.05, 4.69) is 19.9 Å². The molecule has 3 atom stereocenters. The maximum atomic E-state index is 11.7. The molecule has 0 bridgehead atoms. The van der Waals surface area contributed by atoms with Crippen molar-refractivity contribution in [3.8, 4) is 0 Å². The Kier molecular flexibility index (Phi) is 13.6. The highest BCUT2D eigenvalue weighted by Crippen LogP contribution is 2.41. The van der Waals surface area contributed by atoms with Crippen LogP contribution in [-0.4, -0.2) is 27.9 Å². The van der Waals surface area contributed by atoms with E-state index in [1.807, 2.05) is 18.2 Å². The van der Waals surface area contributed by atoms with Gasteiger partial charge in [0, 0.05) is 11.0 Å². The number of hydrogen-bond donors (Lipinski definition) is 2. The predicted molar refractivity (Wildman–Crippen MR) is 126 cm³/mol. The number of hydrogen-bond acceptors (Lipinski definition) is 3. The number of carboxylic acids is 2. The number of unbranched alkanes of at least 4 members (excludes halogenated alkanes) is 7. The zero-order chi connectivity index (χ0) is 22.4. The lowest BCUT2D eigenvalue weighted by Gasteiger charge is -2.26. The normalized spacial score (nSPS) is 14.2. The molecule has 1 aromatic rings. The highest BCUT2D eigenvalue weighted by Gasteiger charge is 2.28. The van der Waals surface area contributed by atoms with Gasteiger partial charge in [0.2, 0.25) is 0 Å². The lowest BCUT2D eigenvalue weighted by molar-refractivity contribution is -0.141. The van der Waals surface area contributed by atoms with E-state index in [1.54, 1.807) is 6.92 Å². The molecule has 0 fully saturated rings. The molecule has 0 saturated carbocycles. The van der Waals surface area contributed by atoms with Crippen LogP contribution in [0.2, 0.25) is 0 Å². The first-order valence-corrected chi connectivity index (χ1v) is 12.6. The van der Waals surface area contributed by atoms with E-state index in [0.29, 0.717) is 11.7 Å². The summed E-state index contributed by atoms with van der Waals surface area (Å²) >= 11 is 1.45. The van der Waals surface area contributed by atoms with Gasteiger partial charge in [0.1, 0.15) is 0 Å². The minimum Gasteiger partial charge on any atom is -0.481 e. The molecule has 4 nitrogen and oxygen atoms in total. The number of carbonyl (C=O) groups is 2. The van der Waals surface area contributed by atoms with Crippen LogP contribution < -0.4 is 0 Å². The van der Waals surface area contributed by atoms with Gasteiger partial charge >= 0.3 is 11.9 Å². The van der Waals surface area contributed by atoms with Crippen LogP contribution in [0.5, 0.6) is 0 Å². The van der Waals surface area contributed by atoms with E-state index in [1.165, 1.54) is 68.7 Å². The van der Waals surface area contributed by atoms with Crippen LogP contribution in [-0.2, 0) is 9.59 Å². The Morgan fingerprint density at radius 1 is 0.900 bits per heavy atom. The Balaban J connectivity index is 2.71. The fourth-order valence-corrected chi connectivity index (χ4v) is 5.21. The molecule has 0 aliphatic rings. The van der Waals surface area contributed by atoms with Gasteiger partial charge < -0.3 is 10.2 Å². The lowest BCUT2D eigenvalue weighted by atomic mass is 9.87. The zero-order valence-electron chi connectivity index (χ0n) is 18.9. The standard InChI is InChI=1S/C25H40O4S/c1-4-5-6-7-8-9-10-11-14-19(2)21-15-12-13-16-22(21)24(20(3)25(28)29)30-18-17-23(26)27/h12-13,15-16,19-20,24H,4-11,14,17-18H2,1-3H3,(H,26,27)(H,28,29). The van der Waals surface area contributed by atoms with Crippen molar-refractivity contribution in [3.05, 3.63) is 35.4 Å². The predicted octanol–water partition coefficient (Wildman–Crippen LogP) is 7.29. The molecule has 0 spiro atoms. The number of thioether (sulfide) groups is 1. The molecule has 0 aliphatic heterocycles. The molecule has 1 rings (SSSR count). The van der Waals surface area contributed by atoms with Gasteiger partial charge in [-0.1, -0.05) is 96.4 Å². The van der Waals surface area contributed by atoms with Crippen LogP contribution >= 0.6 is 11.8 Å². The molecule has 0 saturated heterocycles. The second-order valence-electron chi connectivity index (χ2n) is 8.36. The summed E-state index contributed by atoms with van der Waals surface area (Å²) in [6.07, 6.45) is 11.5. The molecule has 3 unspecified atom stereocenters. The first-order chi connectivity index (χ1) is 14.4. The van der Waals surface area contributed by atoms with E-state index in [0.717, 1.165) is 12.0 Å². The Bertz CT molecular complexity index is 631. The average molecular weight is 437 g/mol. The highest BCUT2D eigenvalue weighted by atomic mass is 32.2. The smallest absolute Gasteiger partial charge is 0.307 e. The molecule has 0 aromatic heterocycles. The summed E-state index contributed by atoms with van der Waals surface area (Å²) in [5, 5.41) is 18.3. The van der Waals surface area contributed by atoms with E-state index >= 15 is 0 Å². The molecular weight excluding hydrogens is 396 g/mol. The van der Waals surface area contributed by atoms with Crippen LogP contribution in [0.1, 0.15) is 107 Å². The maximum Gasteiger partial charge on any atom is 0.307 e. The van der Waals surface area contributed by atoms with Crippen molar-refractivity contribution in [3.63, 3.8) is 0 Å². The van der Waals surface area contributed by atoms with Gasteiger partial charge in [-0.2, -0.15) is 11.8 Å². The van der Waals surface area contributed by atoms with E-state index in [-0.39, 0.29) is 11.7 Å². The maximum absolute atomic E-state index is 11.7. The van der Waals surface area contributed by atoms with Gasteiger partial charge in [-0.25, -0.2) is 0 Å². The first-order valence-electron chi connectivity index (χ1n) is 11.5. The third-order valence-corrected chi connectivity index (χ3v) is 7.24. The van der Waals surface area contributed by atoms with Crippen molar-refractivity contribution >= 4 is 23.7 Å². The average Bonchev–Trinajstić information content (AvgIpc) is 2.72. The third kappa shape index (κ3) is 10.0. The van der Waals surface area contributed by atoms with E-state index in [4.69, 9.17) is 5.11 Å². The molecule has 2 N–H and O–H groups in total. The van der Waals surface area contributed by atoms with Crippen molar-refractivity contribution in [1.29, 1.82) is 0 Å². The van der Waals surface area contributed by atoms with Crippen molar-refractivity contribution in [2.45, 2.75) is 96.1 Å². The second-order valence-corrected chi connectivity index (χ2v) is 9.61. The van der Waals surface area contributed by atoms with Gasteiger partial charge in [0.25, 0.3) is 0 Å². The fraction of sp³-hybridized carbons (Fsp3) is 0.680. The van der Waals surface area contributed by atoms with Gasteiger partial charge in [-0.15, -0.1) is 0 Å². The molecule has 0 radical (unpaired) electrons. The summed E-state index contributed by atoms with van der Waals surface area (Å²) in [4.78, 5) is 22.6. The second kappa shape index (κ2) is 15.3. The van der Waals surface area contributed by atoms with Crippen molar-refractivity contribution in [1.82, 2.24) is 0 Å². The summed E-state index contributed by atoms with van der Waals surface area (Å²) < 4.78 is 0. The Morgan fingerprint density at radius 2 is 1.47 bits per heavy atom. The monoisotopic (exact) mass is 436 g/mol. The molecule has 5 heteroatoms. The van der Waals surface area contributed by atoms with Crippen molar-refractivity contribution in [2.75, 3.05) is 5.75 Å². The molecule has 0 amide bonds. The number of carboxylic acid groups (broad SMARTS) is 2. The summed E-state index contributed by atoms with van der Waals surface area (Å²) in [6, 6.07) is 8.12. The fourth-order valence-electron chi connectivity index (χ4n) is 3.86. The number of benzene rings is 1. The molecule has 1 aromatic carbocycles.